The first-order chi connectivity index (χ1) is 21.3. The highest BCUT2D eigenvalue weighted by Gasteiger charge is 2.48. The first kappa shape index (κ1) is 27.9. The van der Waals surface area contributed by atoms with Gasteiger partial charge in [-0.3, -0.25) is 14.5 Å². The summed E-state index contributed by atoms with van der Waals surface area (Å²) in [6.07, 6.45) is 0.727. The number of aliphatic hydroxyl groups is 1. The lowest BCUT2D eigenvalue weighted by Gasteiger charge is -2.23. The zero-order valence-corrected chi connectivity index (χ0v) is 25.4. The van der Waals surface area contributed by atoms with Crippen molar-refractivity contribution in [2.45, 2.75) is 45.9 Å². The summed E-state index contributed by atoms with van der Waals surface area (Å²) in [5.41, 5.74) is 5.99. The minimum atomic E-state index is -0.886. The Morgan fingerprint density at radius 2 is 1.80 bits per heavy atom. The summed E-state index contributed by atoms with van der Waals surface area (Å²) in [5.74, 6) is -0.303. The highest BCUT2D eigenvalue weighted by molar-refractivity contribution is 7.22. The predicted molar refractivity (Wildman–Crippen MR) is 171 cm³/mol. The van der Waals surface area contributed by atoms with Crippen molar-refractivity contribution in [1.29, 1.82) is 0 Å². The number of thiazole rings is 1. The molecule has 44 heavy (non-hydrogen) atoms. The molecule has 0 bridgehead atoms. The Kier molecular flexibility index (Phi) is 6.94. The molecular formula is C36H30N2O5S. The van der Waals surface area contributed by atoms with Crippen LogP contribution in [0.4, 0.5) is 5.13 Å². The van der Waals surface area contributed by atoms with E-state index >= 15 is 0 Å². The van der Waals surface area contributed by atoms with E-state index < -0.39 is 17.7 Å². The molecule has 7 rings (SSSR count). The van der Waals surface area contributed by atoms with Gasteiger partial charge in [-0.05, 0) is 85.0 Å². The highest BCUT2D eigenvalue weighted by atomic mass is 32.1. The lowest BCUT2D eigenvalue weighted by molar-refractivity contribution is -0.132. The fourth-order valence-corrected chi connectivity index (χ4v) is 7.19. The van der Waals surface area contributed by atoms with E-state index in [1.807, 2.05) is 93.6 Å². The molecule has 0 unspecified atom stereocenters. The number of carbonyl (C=O) groups is 2. The summed E-state index contributed by atoms with van der Waals surface area (Å²) >= 11 is 1.36. The number of aryl methyl sites for hydroxylation is 2. The normalized spacial score (nSPS) is 18.9. The molecule has 0 saturated carbocycles. The predicted octanol–water partition coefficient (Wildman–Crippen LogP) is 7.44. The third-order valence-corrected chi connectivity index (χ3v) is 9.08. The van der Waals surface area contributed by atoms with Crippen LogP contribution in [-0.2, 0) is 22.6 Å². The molecule has 0 spiro atoms. The number of fused-ring (bicyclic) bond motifs is 2. The summed E-state index contributed by atoms with van der Waals surface area (Å²) in [6.45, 7) is 6.39. The Labute approximate surface area is 259 Å². The van der Waals surface area contributed by atoms with Gasteiger partial charge in [-0.25, -0.2) is 4.98 Å². The Bertz CT molecular complexity index is 1960. The molecule has 1 N–H and O–H groups in total. The molecular weight excluding hydrogens is 572 g/mol. The molecule has 220 valence electrons. The molecule has 1 amide bonds. The number of aliphatic hydroxyl groups excluding tert-OH is 1. The summed E-state index contributed by atoms with van der Waals surface area (Å²) in [4.78, 5) is 33.8. The summed E-state index contributed by atoms with van der Waals surface area (Å²) in [5, 5.41) is 12.1. The molecule has 1 fully saturated rings. The van der Waals surface area contributed by atoms with Crippen molar-refractivity contribution in [2.24, 2.45) is 0 Å². The SMILES string of the molecule is Cc1cc(C)c2nc(N3C(=O)C(=O)/C(=C(/O)c4ccc5c(c4)C[C@@H](C)O5)[C@H]3c3ccc(OCc4ccccc4)cc3)sc2c1. The zero-order valence-electron chi connectivity index (χ0n) is 24.5. The largest absolute Gasteiger partial charge is 0.507 e. The zero-order chi connectivity index (χ0) is 30.5. The van der Waals surface area contributed by atoms with Gasteiger partial charge in [0.15, 0.2) is 5.13 Å². The van der Waals surface area contributed by atoms with Crippen molar-refractivity contribution >= 4 is 44.1 Å². The van der Waals surface area contributed by atoms with Crippen LogP contribution in [0.3, 0.4) is 0 Å². The van der Waals surface area contributed by atoms with Crippen LogP contribution in [0.2, 0.25) is 0 Å². The molecule has 5 aromatic rings. The van der Waals surface area contributed by atoms with Crippen molar-refractivity contribution in [3.05, 3.63) is 124 Å². The number of nitrogens with zero attached hydrogens (tertiary/aromatic N) is 2. The summed E-state index contributed by atoms with van der Waals surface area (Å²) < 4.78 is 12.7. The van der Waals surface area contributed by atoms with E-state index in [9.17, 15) is 14.7 Å². The number of Topliss-reactive ketones (excluding diaryl/α,β-unsaturated/α-hetero) is 1. The van der Waals surface area contributed by atoms with Gasteiger partial charge in [-0.1, -0.05) is 59.9 Å². The Morgan fingerprint density at radius 1 is 1.02 bits per heavy atom. The number of hydrogen-bond acceptors (Lipinski definition) is 7. The van der Waals surface area contributed by atoms with Crippen molar-refractivity contribution in [1.82, 2.24) is 4.98 Å². The Hall–Kier alpha value is -4.95. The molecule has 2 aliphatic heterocycles. The van der Waals surface area contributed by atoms with Gasteiger partial charge in [0, 0.05) is 12.0 Å². The number of ketones is 1. The van der Waals surface area contributed by atoms with Gasteiger partial charge >= 0.3 is 5.91 Å². The molecule has 1 saturated heterocycles. The van der Waals surface area contributed by atoms with Gasteiger partial charge in [0.05, 0.1) is 21.8 Å². The number of ether oxygens (including phenoxy) is 2. The number of anilines is 1. The van der Waals surface area contributed by atoms with Crippen LogP contribution in [0.1, 0.15) is 46.3 Å². The van der Waals surface area contributed by atoms with E-state index in [1.54, 1.807) is 12.1 Å². The minimum absolute atomic E-state index is 0.0204. The lowest BCUT2D eigenvalue weighted by Crippen LogP contribution is -2.29. The van der Waals surface area contributed by atoms with E-state index in [0.29, 0.717) is 35.0 Å². The second-order valence-electron chi connectivity index (χ2n) is 11.4. The summed E-state index contributed by atoms with van der Waals surface area (Å²) in [7, 11) is 0. The van der Waals surface area contributed by atoms with Crippen LogP contribution >= 0.6 is 11.3 Å². The number of rotatable bonds is 6. The first-order valence-electron chi connectivity index (χ1n) is 14.5. The van der Waals surface area contributed by atoms with Crippen LogP contribution < -0.4 is 14.4 Å². The maximum Gasteiger partial charge on any atom is 0.301 e. The smallest absolute Gasteiger partial charge is 0.301 e. The van der Waals surface area contributed by atoms with Crippen molar-refractivity contribution in [3.8, 4) is 11.5 Å². The average Bonchev–Trinajstić information content (AvgIpc) is 3.69. The van der Waals surface area contributed by atoms with Crippen LogP contribution in [0.5, 0.6) is 11.5 Å². The molecule has 2 aliphatic rings. The quantitative estimate of drug-likeness (QED) is 0.123. The fourth-order valence-electron chi connectivity index (χ4n) is 6.02. The fraction of sp³-hybridized carbons (Fsp3) is 0.194. The third-order valence-electron chi connectivity index (χ3n) is 8.08. The second kappa shape index (κ2) is 11.0. The average molecular weight is 603 g/mol. The second-order valence-corrected chi connectivity index (χ2v) is 12.4. The molecule has 2 atom stereocenters. The minimum Gasteiger partial charge on any atom is -0.507 e. The van der Waals surface area contributed by atoms with Gasteiger partial charge in [-0.15, -0.1) is 0 Å². The third kappa shape index (κ3) is 4.91. The van der Waals surface area contributed by atoms with Crippen LogP contribution in [0.15, 0.2) is 90.5 Å². The van der Waals surface area contributed by atoms with E-state index in [2.05, 4.69) is 0 Å². The van der Waals surface area contributed by atoms with Gasteiger partial charge in [0.25, 0.3) is 5.78 Å². The van der Waals surface area contributed by atoms with Crippen LogP contribution in [-0.4, -0.2) is 27.9 Å². The number of carbonyl (C=O) groups excluding carboxylic acids is 2. The van der Waals surface area contributed by atoms with E-state index in [0.717, 1.165) is 38.2 Å². The van der Waals surface area contributed by atoms with Crippen molar-refractivity contribution in [2.75, 3.05) is 4.90 Å². The maximum atomic E-state index is 13.8. The monoisotopic (exact) mass is 602 g/mol. The molecule has 1 aromatic heterocycles. The highest BCUT2D eigenvalue weighted by Crippen LogP contribution is 2.45. The lowest BCUT2D eigenvalue weighted by atomic mass is 9.94. The van der Waals surface area contributed by atoms with Gasteiger partial charge in [0.1, 0.15) is 30.0 Å². The van der Waals surface area contributed by atoms with Crippen molar-refractivity contribution in [3.63, 3.8) is 0 Å². The molecule has 7 nitrogen and oxygen atoms in total. The first-order valence-corrected chi connectivity index (χ1v) is 15.3. The van der Waals surface area contributed by atoms with Gasteiger partial charge in [-0.2, -0.15) is 0 Å². The molecule has 3 heterocycles. The van der Waals surface area contributed by atoms with Crippen molar-refractivity contribution < 1.29 is 24.2 Å². The van der Waals surface area contributed by atoms with Crippen LogP contribution in [0, 0.1) is 13.8 Å². The number of benzene rings is 4. The molecule has 0 aliphatic carbocycles. The summed E-state index contributed by atoms with van der Waals surface area (Å²) in [6, 6.07) is 25.7. The van der Waals surface area contributed by atoms with Crippen LogP contribution in [0.25, 0.3) is 16.0 Å². The number of amides is 1. The number of hydrogen-bond donors (Lipinski definition) is 1. The number of aromatic nitrogens is 1. The standard InChI is InChI=1S/C36H30N2O5S/c1-20-15-21(2)31-29(16-20)44-36(37-31)38-32(24-9-12-27(13-10-24)42-19-23-7-5-4-6-8-23)30(34(40)35(38)41)33(39)25-11-14-28-26(18-25)17-22(3)43-28/h4-16,18,22,32,39H,17,19H2,1-3H3/b33-30+/t22-,32-/m1/s1. The maximum absolute atomic E-state index is 13.8. The van der Waals surface area contributed by atoms with E-state index in [-0.39, 0.29) is 17.4 Å². The van der Waals surface area contributed by atoms with E-state index in [4.69, 9.17) is 14.5 Å². The van der Waals surface area contributed by atoms with Gasteiger partial charge < -0.3 is 14.6 Å². The molecule has 0 radical (unpaired) electrons. The Balaban J connectivity index is 1.32. The molecule has 4 aromatic carbocycles. The molecule has 8 heteroatoms. The van der Waals surface area contributed by atoms with E-state index in [1.165, 1.54) is 16.2 Å². The topological polar surface area (TPSA) is 89.0 Å². The Morgan fingerprint density at radius 3 is 2.57 bits per heavy atom. The van der Waals surface area contributed by atoms with Gasteiger partial charge in [0.2, 0.25) is 0 Å².